The third-order valence-corrected chi connectivity index (χ3v) is 4.27. The normalized spacial score (nSPS) is 16.1. The number of nitrogens with zero attached hydrogens (tertiary/aromatic N) is 3. The fraction of sp³-hybridized carbons (Fsp3) is 0.632. The lowest BCUT2D eigenvalue weighted by Crippen LogP contribution is -2.53. The number of methoxy groups -OCH3 is 1. The van der Waals surface area contributed by atoms with Gasteiger partial charge in [-0.05, 0) is 32.9 Å². The quantitative estimate of drug-likeness (QED) is 0.483. The van der Waals surface area contributed by atoms with Gasteiger partial charge in [-0.25, -0.2) is 0 Å². The van der Waals surface area contributed by atoms with E-state index in [0.717, 1.165) is 51.0 Å². The van der Waals surface area contributed by atoms with E-state index in [0.29, 0.717) is 0 Å². The Bertz CT molecular complexity index is 559. The summed E-state index contributed by atoms with van der Waals surface area (Å²) in [6.07, 6.45) is 0. The van der Waals surface area contributed by atoms with E-state index in [9.17, 15) is 0 Å². The van der Waals surface area contributed by atoms with Crippen molar-refractivity contribution in [1.29, 1.82) is 0 Å². The van der Waals surface area contributed by atoms with Gasteiger partial charge in [0.2, 0.25) is 0 Å². The molecule has 1 aromatic carbocycles. The van der Waals surface area contributed by atoms with Gasteiger partial charge in [0.1, 0.15) is 5.75 Å². The maximum Gasteiger partial charge on any atom is 0.193 e. The number of nitrogens with one attached hydrogen (secondary N) is 2. The molecule has 1 heterocycles. The highest BCUT2D eigenvalue weighted by atomic mass is 16.5. The summed E-state index contributed by atoms with van der Waals surface area (Å²) in [5, 5.41) is 6.95. The van der Waals surface area contributed by atoms with Crippen molar-refractivity contribution in [3.63, 3.8) is 0 Å². The highest BCUT2D eigenvalue weighted by Gasteiger charge is 2.20. The number of guanidine groups is 1. The summed E-state index contributed by atoms with van der Waals surface area (Å²) < 4.78 is 5.33. The summed E-state index contributed by atoms with van der Waals surface area (Å²) in [5.41, 5.74) is 1.37. The molecule has 140 valence electrons. The van der Waals surface area contributed by atoms with Crippen LogP contribution in [0.15, 0.2) is 29.3 Å². The first-order valence-corrected chi connectivity index (χ1v) is 9.02. The Kier molecular flexibility index (Phi) is 6.93. The molecular weight excluding hydrogens is 314 g/mol. The molecule has 0 aromatic heterocycles. The van der Waals surface area contributed by atoms with Gasteiger partial charge in [-0.2, -0.15) is 0 Å². The van der Waals surface area contributed by atoms with Crippen LogP contribution in [0.25, 0.3) is 0 Å². The molecule has 1 saturated heterocycles. The lowest BCUT2D eigenvalue weighted by Gasteiger charge is -2.37. The Morgan fingerprint density at radius 3 is 2.48 bits per heavy atom. The van der Waals surface area contributed by atoms with Crippen LogP contribution in [0.3, 0.4) is 0 Å². The molecule has 6 heteroatoms. The van der Waals surface area contributed by atoms with Gasteiger partial charge < -0.3 is 25.2 Å². The number of rotatable bonds is 5. The molecule has 6 nitrogen and oxygen atoms in total. The van der Waals surface area contributed by atoms with Gasteiger partial charge in [0, 0.05) is 63.6 Å². The minimum Gasteiger partial charge on any atom is -0.497 e. The maximum absolute atomic E-state index is 5.33. The second kappa shape index (κ2) is 8.94. The number of benzene rings is 1. The summed E-state index contributed by atoms with van der Waals surface area (Å²) >= 11 is 0. The Labute approximate surface area is 152 Å². The molecule has 0 radical (unpaired) electrons. The molecule has 0 atom stereocenters. The summed E-state index contributed by atoms with van der Waals surface area (Å²) in [6, 6.07) is 8.27. The molecule has 1 aliphatic rings. The van der Waals surface area contributed by atoms with Gasteiger partial charge in [0.15, 0.2) is 5.96 Å². The van der Waals surface area contributed by atoms with Crippen LogP contribution in [-0.4, -0.2) is 69.8 Å². The van der Waals surface area contributed by atoms with Crippen molar-refractivity contribution in [3.8, 4) is 5.75 Å². The molecule has 1 aromatic rings. The van der Waals surface area contributed by atoms with Crippen LogP contribution in [0.5, 0.6) is 5.75 Å². The topological polar surface area (TPSA) is 52.1 Å². The molecule has 0 spiro atoms. The molecule has 0 aliphatic carbocycles. The number of ether oxygens (including phenoxy) is 1. The lowest BCUT2D eigenvalue weighted by atomic mass is 10.1. The predicted molar refractivity (Wildman–Crippen MR) is 106 cm³/mol. The standard InChI is InChI=1S/C19H33N5O/c1-19(2,3)22-10-9-21-18(20-4)24-13-11-23(12-14-24)16-7-6-8-17(15-16)25-5/h6-8,15,22H,9-14H2,1-5H3,(H,20,21). The van der Waals surface area contributed by atoms with Gasteiger partial charge in [-0.15, -0.1) is 0 Å². The molecule has 1 aliphatic heterocycles. The first-order chi connectivity index (χ1) is 11.9. The van der Waals surface area contributed by atoms with Gasteiger partial charge >= 0.3 is 0 Å². The van der Waals surface area contributed by atoms with Crippen molar-refractivity contribution >= 4 is 11.6 Å². The molecule has 0 amide bonds. The van der Waals surface area contributed by atoms with Crippen LogP contribution in [-0.2, 0) is 0 Å². The first kappa shape index (κ1) is 19.4. The van der Waals surface area contributed by atoms with Crippen molar-refractivity contribution in [1.82, 2.24) is 15.5 Å². The minimum absolute atomic E-state index is 0.146. The average Bonchev–Trinajstić information content (AvgIpc) is 2.61. The zero-order valence-corrected chi connectivity index (χ0v) is 16.3. The third-order valence-electron chi connectivity index (χ3n) is 4.27. The Hall–Kier alpha value is -1.95. The summed E-state index contributed by atoms with van der Waals surface area (Å²) in [7, 11) is 3.56. The van der Waals surface area contributed by atoms with E-state index >= 15 is 0 Å². The SMILES string of the molecule is CN=C(NCCNC(C)(C)C)N1CCN(c2cccc(OC)c2)CC1. The fourth-order valence-corrected chi connectivity index (χ4v) is 2.93. The van der Waals surface area contributed by atoms with Gasteiger partial charge in [0.05, 0.1) is 7.11 Å². The van der Waals surface area contributed by atoms with Crippen molar-refractivity contribution in [3.05, 3.63) is 24.3 Å². The monoisotopic (exact) mass is 347 g/mol. The zero-order chi connectivity index (χ0) is 18.3. The third kappa shape index (κ3) is 6.12. The van der Waals surface area contributed by atoms with Crippen LogP contribution in [0, 0.1) is 0 Å². The summed E-state index contributed by atoms with van der Waals surface area (Å²) in [4.78, 5) is 9.16. The summed E-state index contributed by atoms with van der Waals surface area (Å²) in [6.45, 7) is 12.2. The number of aliphatic imine (C=N–C) groups is 1. The molecule has 0 bridgehead atoms. The van der Waals surface area contributed by atoms with Crippen molar-refractivity contribution in [2.45, 2.75) is 26.3 Å². The molecule has 1 fully saturated rings. The smallest absolute Gasteiger partial charge is 0.193 e. The highest BCUT2D eigenvalue weighted by Crippen LogP contribution is 2.22. The average molecular weight is 348 g/mol. The number of hydrogen-bond acceptors (Lipinski definition) is 4. The van der Waals surface area contributed by atoms with Crippen LogP contribution < -0.4 is 20.3 Å². The van der Waals surface area contributed by atoms with Crippen molar-refractivity contribution in [2.75, 3.05) is 58.3 Å². The van der Waals surface area contributed by atoms with E-state index in [-0.39, 0.29) is 5.54 Å². The Morgan fingerprint density at radius 1 is 1.16 bits per heavy atom. The largest absolute Gasteiger partial charge is 0.497 e. The number of piperazine rings is 1. The second-order valence-electron chi connectivity index (χ2n) is 7.33. The summed E-state index contributed by atoms with van der Waals surface area (Å²) in [5.74, 6) is 1.89. The molecule has 2 N–H and O–H groups in total. The molecule has 2 rings (SSSR count). The molecule has 0 unspecified atom stereocenters. The van der Waals surface area contributed by atoms with E-state index in [4.69, 9.17) is 4.74 Å². The fourth-order valence-electron chi connectivity index (χ4n) is 2.93. The lowest BCUT2D eigenvalue weighted by molar-refractivity contribution is 0.369. The van der Waals surface area contributed by atoms with Crippen LogP contribution in [0.4, 0.5) is 5.69 Å². The Balaban J connectivity index is 1.81. The van der Waals surface area contributed by atoms with Gasteiger partial charge in [0.25, 0.3) is 0 Å². The number of hydrogen-bond donors (Lipinski definition) is 2. The Morgan fingerprint density at radius 2 is 1.88 bits per heavy atom. The van der Waals surface area contributed by atoms with Crippen LogP contribution in [0.1, 0.15) is 20.8 Å². The van der Waals surface area contributed by atoms with E-state index in [1.165, 1.54) is 5.69 Å². The van der Waals surface area contributed by atoms with Gasteiger partial charge in [-0.1, -0.05) is 6.07 Å². The predicted octanol–water partition coefficient (Wildman–Crippen LogP) is 1.78. The van der Waals surface area contributed by atoms with E-state index in [1.807, 2.05) is 19.2 Å². The van der Waals surface area contributed by atoms with Crippen LogP contribution >= 0.6 is 0 Å². The van der Waals surface area contributed by atoms with Gasteiger partial charge in [-0.3, -0.25) is 4.99 Å². The van der Waals surface area contributed by atoms with E-state index < -0.39 is 0 Å². The molecule has 25 heavy (non-hydrogen) atoms. The minimum atomic E-state index is 0.146. The highest BCUT2D eigenvalue weighted by molar-refractivity contribution is 5.80. The first-order valence-electron chi connectivity index (χ1n) is 9.02. The molecular formula is C19H33N5O. The van der Waals surface area contributed by atoms with E-state index in [2.05, 4.69) is 58.3 Å². The van der Waals surface area contributed by atoms with Crippen molar-refractivity contribution < 1.29 is 4.74 Å². The molecule has 0 saturated carbocycles. The second-order valence-corrected chi connectivity index (χ2v) is 7.33. The zero-order valence-electron chi connectivity index (χ0n) is 16.3. The number of anilines is 1. The maximum atomic E-state index is 5.33. The van der Waals surface area contributed by atoms with Crippen molar-refractivity contribution in [2.24, 2.45) is 4.99 Å². The van der Waals surface area contributed by atoms with Crippen LogP contribution in [0.2, 0.25) is 0 Å². The van der Waals surface area contributed by atoms with E-state index in [1.54, 1.807) is 7.11 Å².